The first kappa shape index (κ1) is 22.0. The Hall–Kier alpha value is -2.84. The molecule has 0 amide bonds. The minimum absolute atomic E-state index is 0.0801. The van der Waals surface area contributed by atoms with Gasteiger partial charge in [0.05, 0.1) is 29.2 Å². The van der Waals surface area contributed by atoms with E-state index in [1.54, 1.807) is 29.2 Å². The lowest BCUT2D eigenvalue weighted by Crippen LogP contribution is -2.29. The highest BCUT2D eigenvalue weighted by Gasteiger charge is 2.40. The number of nitrogens with zero attached hydrogens (tertiary/aromatic N) is 4. The summed E-state index contributed by atoms with van der Waals surface area (Å²) in [5, 5.41) is 8.89. The molecule has 0 saturated heterocycles. The van der Waals surface area contributed by atoms with Crippen molar-refractivity contribution in [1.29, 1.82) is 0 Å². The van der Waals surface area contributed by atoms with E-state index in [1.165, 1.54) is 11.7 Å². The van der Waals surface area contributed by atoms with Crippen LogP contribution in [0.3, 0.4) is 0 Å². The van der Waals surface area contributed by atoms with Crippen molar-refractivity contribution in [3.63, 3.8) is 0 Å². The molecule has 2 aromatic heterocycles. The van der Waals surface area contributed by atoms with Crippen LogP contribution in [0.5, 0.6) is 5.75 Å². The van der Waals surface area contributed by atoms with E-state index in [9.17, 15) is 18.0 Å². The van der Waals surface area contributed by atoms with E-state index in [1.807, 2.05) is 6.92 Å². The summed E-state index contributed by atoms with van der Waals surface area (Å²) in [6.45, 7) is 1.91. The number of carbonyl (C=O) groups excluding carboxylic acids is 1. The van der Waals surface area contributed by atoms with Gasteiger partial charge in [-0.3, -0.25) is 9.48 Å². The molecule has 6 nitrogen and oxygen atoms in total. The van der Waals surface area contributed by atoms with Crippen LogP contribution in [0.2, 0.25) is 0 Å². The highest BCUT2D eigenvalue weighted by atomic mass is 19.3. The standard InChI is InChI=1S/C24H27F3N4O2/c1-14(15-4-3-5-19(32)8-15)33-21-10-16(9-20-22(21)23(25)30(2)29-20)17-12-28-31(13-17)18-6-7-24(26,27)11-18/h9-10,12-15,18H,3-8,11H2,1-2H3/t14-,15+,18?/m1/s1. The quantitative estimate of drug-likeness (QED) is 0.507. The Balaban J connectivity index is 1.48. The molecule has 176 valence electrons. The Morgan fingerprint density at radius 1 is 1.24 bits per heavy atom. The zero-order chi connectivity index (χ0) is 23.3. The number of hydrogen-bond donors (Lipinski definition) is 0. The van der Waals surface area contributed by atoms with Gasteiger partial charge >= 0.3 is 0 Å². The zero-order valence-electron chi connectivity index (χ0n) is 18.7. The Labute approximate surface area is 189 Å². The van der Waals surface area contributed by atoms with Crippen molar-refractivity contribution < 1.29 is 22.7 Å². The van der Waals surface area contributed by atoms with Gasteiger partial charge < -0.3 is 4.74 Å². The third kappa shape index (κ3) is 4.25. The molecule has 1 aromatic carbocycles. The van der Waals surface area contributed by atoms with Crippen molar-refractivity contribution in [2.24, 2.45) is 13.0 Å². The molecule has 1 unspecified atom stereocenters. The fourth-order valence-corrected chi connectivity index (χ4v) is 5.11. The average Bonchev–Trinajstić information content (AvgIpc) is 3.46. The third-order valence-corrected chi connectivity index (χ3v) is 7.01. The summed E-state index contributed by atoms with van der Waals surface area (Å²) in [6, 6.07) is 3.16. The number of halogens is 3. The molecule has 33 heavy (non-hydrogen) atoms. The molecule has 0 bridgehead atoms. The van der Waals surface area contributed by atoms with Crippen molar-refractivity contribution in [2.75, 3.05) is 0 Å². The lowest BCUT2D eigenvalue weighted by molar-refractivity contribution is -0.122. The molecule has 2 saturated carbocycles. The molecule has 3 aromatic rings. The normalized spacial score (nSPS) is 23.8. The van der Waals surface area contributed by atoms with Crippen molar-refractivity contribution in [3.05, 3.63) is 30.5 Å². The molecule has 9 heteroatoms. The van der Waals surface area contributed by atoms with Gasteiger partial charge in [-0.1, -0.05) is 0 Å². The fourth-order valence-electron chi connectivity index (χ4n) is 5.11. The monoisotopic (exact) mass is 460 g/mol. The van der Waals surface area contributed by atoms with Crippen LogP contribution >= 0.6 is 0 Å². The minimum Gasteiger partial charge on any atom is -0.490 e. The Morgan fingerprint density at radius 2 is 2.06 bits per heavy atom. The summed E-state index contributed by atoms with van der Waals surface area (Å²) in [5.41, 5.74) is 1.89. The summed E-state index contributed by atoms with van der Waals surface area (Å²) in [4.78, 5) is 11.9. The highest BCUT2D eigenvalue weighted by Crippen LogP contribution is 2.42. The number of rotatable bonds is 5. The minimum atomic E-state index is -2.65. The van der Waals surface area contributed by atoms with Crippen LogP contribution in [0.4, 0.5) is 13.2 Å². The molecule has 2 heterocycles. The number of fused-ring (bicyclic) bond motifs is 1. The van der Waals surface area contributed by atoms with Crippen LogP contribution in [-0.4, -0.2) is 37.4 Å². The first-order chi connectivity index (χ1) is 15.7. The zero-order valence-corrected chi connectivity index (χ0v) is 18.7. The lowest BCUT2D eigenvalue weighted by Gasteiger charge is -2.27. The summed E-state index contributed by atoms with van der Waals surface area (Å²) < 4.78 is 51.2. The first-order valence-electron chi connectivity index (χ1n) is 11.5. The van der Waals surface area contributed by atoms with Gasteiger partial charge in [0.1, 0.15) is 11.5 Å². The van der Waals surface area contributed by atoms with E-state index in [-0.39, 0.29) is 42.1 Å². The maximum Gasteiger partial charge on any atom is 0.250 e. The molecule has 0 spiro atoms. The number of carbonyl (C=O) groups is 1. The fraction of sp³-hybridized carbons (Fsp3) is 0.542. The molecule has 0 aliphatic heterocycles. The second kappa shape index (κ2) is 8.18. The summed E-state index contributed by atoms with van der Waals surface area (Å²) in [5.74, 6) is -2.48. The van der Waals surface area contributed by atoms with Gasteiger partial charge in [-0.25, -0.2) is 13.5 Å². The number of Topliss-reactive ketones (excluding diaryl/α,β-unsaturated/α-hetero) is 1. The van der Waals surface area contributed by atoms with Crippen LogP contribution in [0, 0.1) is 11.9 Å². The predicted molar refractivity (Wildman–Crippen MR) is 117 cm³/mol. The summed E-state index contributed by atoms with van der Waals surface area (Å²) in [6.07, 6.45) is 5.95. The van der Waals surface area contributed by atoms with Gasteiger partial charge in [-0.15, -0.1) is 0 Å². The number of benzene rings is 1. The number of ketones is 1. The smallest absolute Gasteiger partial charge is 0.250 e. The van der Waals surface area contributed by atoms with E-state index in [4.69, 9.17) is 4.74 Å². The number of ether oxygens (including phenoxy) is 1. The van der Waals surface area contributed by atoms with Crippen molar-refractivity contribution in [1.82, 2.24) is 19.6 Å². The average molecular weight is 461 g/mol. The second-order valence-electron chi connectivity index (χ2n) is 9.46. The molecule has 0 radical (unpaired) electrons. The Morgan fingerprint density at radius 3 is 2.79 bits per heavy atom. The first-order valence-corrected chi connectivity index (χ1v) is 11.5. The van der Waals surface area contributed by atoms with Crippen LogP contribution < -0.4 is 4.74 Å². The van der Waals surface area contributed by atoms with E-state index in [2.05, 4.69) is 10.2 Å². The number of aryl methyl sites for hydroxylation is 1. The van der Waals surface area contributed by atoms with Crippen LogP contribution in [0.15, 0.2) is 24.5 Å². The van der Waals surface area contributed by atoms with Crippen LogP contribution in [0.1, 0.15) is 57.9 Å². The molecule has 2 fully saturated rings. The van der Waals surface area contributed by atoms with E-state index in [0.717, 1.165) is 24.0 Å². The molecule has 5 rings (SSSR count). The highest BCUT2D eigenvalue weighted by molar-refractivity contribution is 5.90. The van der Waals surface area contributed by atoms with Gasteiger partial charge in [-0.2, -0.15) is 14.6 Å². The van der Waals surface area contributed by atoms with Crippen molar-refractivity contribution >= 4 is 16.7 Å². The maximum atomic E-state index is 14.9. The molecule has 2 aliphatic rings. The molecular formula is C24H27F3N4O2. The maximum absolute atomic E-state index is 14.9. The predicted octanol–water partition coefficient (Wildman–Crippen LogP) is 5.46. The van der Waals surface area contributed by atoms with Gasteiger partial charge in [0.2, 0.25) is 11.9 Å². The number of alkyl halides is 2. The van der Waals surface area contributed by atoms with Gasteiger partial charge in [0.25, 0.3) is 0 Å². The Kier molecular flexibility index (Phi) is 5.45. The van der Waals surface area contributed by atoms with Crippen molar-refractivity contribution in [3.8, 4) is 16.9 Å². The van der Waals surface area contributed by atoms with E-state index in [0.29, 0.717) is 30.5 Å². The Bertz CT molecular complexity index is 1200. The molecule has 3 atom stereocenters. The van der Waals surface area contributed by atoms with Crippen LogP contribution in [0.25, 0.3) is 22.0 Å². The summed E-state index contributed by atoms with van der Waals surface area (Å²) in [7, 11) is 1.53. The van der Waals surface area contributed by atoms with E-state index >= 15 is 0 Å². The number of aromatic nitrogens is 4. The van der Waals surface area contributed by atoms with Gasteiger partial charge in [0, 0.05) is 50.4 Å². The second-order valence-corrected chi connectivity index (χ2v) is 9.46. The largest absolute Gasteiger partial charge is 0.490 e. The third-order valence-electron chi connectivity index (χ3n) is 7.01. The number of hydrogen-bond acceptors (Lipinski definition) is 4. The van der Waals surface area contributed by atoms with Gasteiger partial charge in [0.15, 0.2) is 0 Å². The lowest BCUT2D eigenvalue weighted by atomic mass is 9.85. The van der Waals surface area contributed by atoms with Gasteiger partial charge in [-0.05, 0) is 43.9 Å². The molecule has 0 N–H and O–H groups in total. The van der Waals surface area contributed by atoms with E-state index < -0.39 is 11.9 Å². The van der Waals surface area contributed by atoms with Crippen molar-refractivity contribution in [2.45, 2.75) is 69.9 Å². The molecular weight excluding hydrogens is 433 g/mol. The summed E-state index contributed by atoms with van der Waals surface area (Å²) >= 11 is 0. The SMILES string of the molecule is C[C@@H](Oc1cc(-c2cnn(C3CCC(F)(F)C3)c2)cc2nn(C)c(F)c12)[C@H]1CCCC(=O)C1. The molecule has 2 aliphatic carbocycles. The van der Waals surface area contributed by atoms with Crippen LogP contribution in [-0.2, 0) is 11.8 Å². The topological polar surface area (TPSA) is 61.9 Å².